The minimum atomic E-state index is -0.170. The number of hydrogen-bond acceptors (Lipinski definition) is 4. The lowest BCUT2D eigenvalue weighted by Crippen LogP contribution is -2.20. The van der Waals surface area contributed by atoms with Crippen LogP contribution in [0.1, 0.15) is 20.3 Å². The highest BCUT2D eigenvalue weighted by atomic mass is 35.5. The summed E-state index contributed by atoms with van der Waals surface area (Å²) >= 11 is 9.90. The summed E-state index contributed by atoms with van der Waals surface area (Å²) in [6.07, 6.45) is 3.60. The molecule has 18 heavy (non-hydrogen) atoms. The third-order valence-corrected chi connectivity index (χ3v) is 2.32. The van der Waals surface area contributed by atoms with E-state index in [4.69, 9.17) is 11.6 Å². The van der Waals surface area contributed by atoms with Crippen molar-refractivity contribution in [1.29, 1.82) is 0 Å². The van der Waals surface area contributed by atoms with Gasteiger partial charge in [0.15, 0.2) is 5.78 Å². The van der Waals surface area contributed by atoms with E-state index in [1.807, 2.05) is 0 Å². The van der Waals surface area contributed by atoms with Crippen molar-refractivity contribution >= 4 is 36.2 Å². The Hall–Kier alpha value is -1.26. The predicted molar refractivity (Wildman–Crippen MR) is 81.6 cm³/mol. The zero-order valence-electron chi connectivity index (χ0n) is 10.6. The summed E-state index contributed by atoms with van der Waals surface area (Å²) in [5.74, 6) is -0.170. The molecule has 0 unspecified atom stereocenters. The van der Waals surface area contributed by atoms with Crippen LogP contribution in [0.2, 0.25) is 0 Å². The van der Waals surface area contributed by atoms with Crippen molar-refractivity contribution in [2.75, 3.05) is 0 Å². The van der Waals surface area contributed by atoms with E-state index in [1.165, 1.54) is 11.9 Å². The highest BCUT2D eigenvalue weighted by molar-refractivity contribution is 7.84. The average Bonchev–Trinajstić information content (AvgIpc) is 2.25. The summed E-state index contributed by atoms with van der Waals surface area (Å²) in [7, 11) is 0. The van der Waals surface area contributed by atoms with Crippen LogP contribution >= 0.6 is 24.2 Å². The lowest BCUT2D eigenvalue weighted by molar-refractivity contribution is -0.114. The number of halogens is 1. The van der Waals surface area contributed by atoms with Crippen LogP contribution in [0.5, 0.6) is 0 Å². The topological polar surface area (TPSA) is 32.7 Å². The molecule has 0 aliphatic heterocycles. The molecular weight excluding hydrogens is 268 g/mol. The van der Waals surface area contributed by atoms with Gasteiger partial charge in [0.1, 0.15) is 10.9 Å². The van der Waals surface area contributed by atoms with Crippen LogP contribution < -0.4 is 0 Å². The summed E-state index contributed by atoms with van der Waals surface area (Å²) in [6, 6.07) is 0. The Labute approximate surface area is 119 Å². The predicted octanol–water partition coefficient (Wildman–Crippen LogP) is 3.87. The number of hydrogen-bond donors (Lipinski definition) is 1. The zero-order valence-corrected chi connectivity index (χ0v) is 12.3. The van der Waals surface area contributed by atoms with Crippen molar-refractivity contribution in [2.24, 2.45) is 5.10 Å². The van der Waals surface area contributed by atoms with E-state index in [-0.39, 0.29) is 10.9 Å². The Bertz CT molecular complexity index is 438. The van der Waals surface area contributed by atoms with E-state index < -0.39 is 0 Å². The van der Waals surface area contributed by atoms with Gasteiger partial charge in [-0.15, -0.1) is 12.6 Å². The summed E-state index contributed by atoms with van der Waals surface area (Å²) in [4.78, 5) is 12.3. The summed E-state index contributed by atoms with van der Waals surface area (Å²) in [5, 5.41) is 5.50. The van der Waals surface area contributed by atoms with Crippen LogP contribution in [0.3, 0.4) is 0 Å². The van der Waals surface area contributed by atoms with Gasteiger partial charge >= 0.3 is 0 Å². The van der Waals surface area contributed by atoms with Crippen LogP contribution in [-0.4, -0.2) is 17.0 Å². The lowest BCUT2D eigenvalue weighted by Gasteiger charge is -2.20. The second kappa shape index (κ2) is 7.95. The van der Waals surface area contributed by atoms with Gasteiger partial charge in [0.25, 0.3) is 0 Å². The fourth-order valence-electron chi connectivity index (χ4n) is 1.16. The fourth-order valence-corrected chi connectivity index (χ4v) is 1.37. The largest absolute Gasteiger partial charge is 0.293 e. The molecule has 3 nitrogen and oxygen atoms in total. The quantitative estimate of drug-likeness (QED) is 0.192. The molecule has 0 saturated heterocycles. The SMILES string of the molecule is C=C/C(C)=C(/C(C)=O)N(/N=C\CC(=C)S)C(=C)Cl. The normalized spacial score (nSPS) is 12.0. The molecule has 0 bridgehead atoms. The van der Waals surface area contributed by atoms with E-state index in [0.717, 1.165) is 0 Å². The van der Waals surface area contributed by atoms with Gasteiger partial charge in [-0.3, -0.25) is 4.79 Å². The van der Waals surface area contributed by atoms with E-state index in [9.17, 15) is 4.79 Å². The molecule has 0 saturated carbocycles. The van der Waals surface area contributed by atoms with Crippen molar-refractivity contribution in [2.45, 2.75) is 20.3 Å². The third-order valence-electron chi connectivity index (χ3n) is 1.98. The summed E-state index contributed by atoms with van der Waals surface area (Å²) in [5.41, 5.74) is 1.01. The minimum absolute atomic E-state index is 0.127. The van der Waals surface area contributed by atoms with E-state index >= 15 is 0 Å². The Morgan fingerprint density at radius 1 is 1.44 bits per heavy atom. The molecule has 0 rings (SSSR count). The molecule has 0 aromatic heterocycles. The molecule has 0 radical (unpaired) electrons. The molecule has 0 aliphatic rings. The van der Waals surface area contributed by atoms with Gasteiger partial charge in [0.2, 0.25) is 0 Å². The molecule has 0 aliphatic carbocycles. The standard InChI is InChI=1S/C13H17ClN2OS/c1-6-9(2)13(11(4)17)16(12(5)14)15-8-7-10(3)18/h6,8,18H,1,3,5,7H2,2,4H3/b13-9-,15-8-. The van der Waals surface area contributed by atoms with Crippen molar-refractivity contribution < 1.29 is 4.79 Å². The molecule has 0 N–H and O–H groups in total. The van der Waals surface area contributed by atoms with E-state index in [1.54, 1.807) is 19.2 Å². The number of nitrogens with zero attached hydrogens (tertiary/aromatic N) is 2. The number of carbonyl (C=O) groups is 1. The molecule has 5 heteroatoms. The molecule has 0 fully saturated rings. The molecule has 0 spiro atoms. The first kappa shape index (κ1) is 16.7. The highest BCUT2D eigenvalue weighted by Gasteiger charge is 2.17. The minimum Gasteiger partial charge on any atom is -0.293 e. The third kappa shape index (κ3) is 5.38. The second-order valence-electron chi connectivity index (χ2n) is 3.55. The first-order valence-corrected chi connectivity index (χ1v) is 6.01. The Morgan fingerprint density at radius 2 is 2.00 bits per heavy atom. The van der Waals surface area contributed by atoms with E-state index in [0.29, 0.717) is 22.6 Å². The Kier molecular flexibility index (Phi) is 7.39. The molecule has 0 atom stereocenters. The molecule has 0 amide bonds. The monoisotopic (exact) mass is 284 g/mol. The maximum absolute atomic E-state index is 11.6. The van der Waals surface area contributed by atoms with Crippen LogP contribution in [0.15, 0.2) is 52.2 Å². The van der Waals surface area contributed by atoms with Crippen LogP contribution in [-0.2, 0) is 4.79 Å². The first-order valence-electron chi connectivity index (χ1n) is 5.19. The Balaban J connectivity index is 5.39. The zero-order chi connectivity index (χ0) is 14.3. The molecule has 0 aromatic carbocycles. The fraction of sp³-hybridized carbons (Fsp3) is 0.231. The summed E-state index contributed by atoms with van der Waals surface area (Å²) in [6.45, 7) is 14.0. The maximum Gasteiger partial charge on any atom is 0.178 e. The van der Waals surface area contributed by atoms with Gasteiger partial charge in [-0.2, -0.15) is 5.10 Å². The van der Waals surface area contributed by atoms with Crippen LogP contribution in [0.4, 0.5) is 0 Å². The van der Waals surface area contributed by atoms with Gasteiger partial charge in [0, 0.05) is 19.6 Å². The number of allylic oxidation sites excluding steroid dienone is 4. The van der Waals surface area contributed by atoms with Gasteiger partial charge in [-0.25, -0.2) is 5.01 Å². The van der Waals surface area contributed by atoms with Gasteiger partial charge in [-0.1, -0.05) is 37.4 Å². The highest BCUT2D eigenvalue weighted by Crippen LogP contribution is 2.20. The van der Waals surface area contributed by atoms with Crippen molar-refractivity contribution in [3.8, 4) is 0 Å². The van der Waals surface area contributed by atoms with Crippen LogP contribution in [0.25, 0.3) is 0 Å². The van der Waals surface area contributed by atoms with Gasteiger partial charge in [0.05, 0.1) is 0 Å². The first-order chi connectivity index (χ1) is 8.31. The maximum atomic E-state index is 11.6. The summed E-state index contributed by atoms with van der Waals surface area (Å²) < 4.78 is 0. The molecule has 98 valence electrons. The molecular formula is C13H17ClN2OS. The van der Waals surface area contributed by atoms with Gasteiger partial charge in [-0.05, 0) is 17.4 Å². The van der Waals surface area contributed by atoms with Gasteiger partial charge < -0.3 is 0 Å². The second-order valence-corrected chi connectivity index (χ2v) is 4.62. The Morgan fingerprint density at radius 3 is 2.33 bits per heavy atom. The molecule has 0 heterocycles. The van der Waals surface area contributed by atoms with Crippen molar-refractivity contribution in [3.05, 3.63) is 47.1 Å². The van der Waals surface area contributed by atoms with E-state index in [2.05, 4.69) is 37.5 Å². The van der Waals surface area contributed by atoms with Crippen molar-refractivity contribution in [3.63, 3.8) is 0 Å². The smallest absolute Gasteiger partial charge is 0.178 e. The number of rotatable bonds is 7. The molecule has 0 aromatic rings. The number of thiol groups is 1. The van der Waals surface area contributed by atoms with Crippen LogP contribution in [0, 0.1) is 0 Å². The number of ketones is 1. The van der Waals surface area contributed by atoms with Crippen molar-refractivity contribution in [1.82, 2.24) is 5.01 Å². The number of hydrazone groups is 1. The lowest BCUT2D eigenvalue weighted by atomic mass is 10.1. The number of Topliss-reactive ketones (excluding diaryl/α,β-unsaturated/α-hetero) is 1. The average molecular weight is 285 g/mol. The number of carbonyl (C=O) groups excluding carboxylic acids is 1.